The molecule has 0 fully saturated rings. The summed E-state index contributed by atoms with van der Waals surface area (Å²) in [5.74, 6) is 0.187. The SMILES string of the molecule is N#Cc1nccnc1Sc1cccc(O)c1. The smallest absolute Gasteiger partial charge is 0.173 e. The van der Waals surface area contributed by atoms with Crippen molar-refractivity contribution in [2.45, 2.75) is 9.92 Å². The van der Waals surface area contributed by atoms with Crippen LogP contribution < -0.4 is 0 Å². The van der Waals surface area contributed by atoms with E-state index in [1.807, 2.05) is 12.1 Å². The van der Waals surface area contributed by atoms with E-state index in [9.17, 15) is 5.11 Å². The Morgan fingerprint density at radius 3 is 2.81 bits per heavy atom. The van der Waals surface area contributed by atoms with Crippen molar-refractivity contribution in [2.24, 2.45) is 0 Å². The van der Waals surface area contributed by atoms with E-state index in [4.69, 9.17) is 5.26 Å². The number of rotatable bonds is 2. The number of benzene rings is 1. The minimum absolute atomic E-state index is 0.187. The highest BCUT2D eigenvalue weighted by Gasteiger charge is 2.06. The summed E-state index contributed by atoms with van der Waals surface area (Å²) in [5.41, 5.74) is 0.288. The minimum atomic E-state index is 0.187. The molecule has 1 aromatic carbocycles. The van der Waals surface area contributed by atoms with Gasteiger partial charge in [0.15, 0.2) is 5.69 Å². The van der Waals surface area contributed by atoms with Crippen LogP contribution in [0.15, 0.2) is 46.6 Å². The molecule has 1 aromatic heterocycles. The van der Waals surface area contributed by atoms with Crippen LogP contribution in [0, 0.1) is 11.3 Å². The molecule has 0 unspecified atom stereocenters. The number of phenolic OH excluding ortho intramolecular Hbond substituents is 1. The summed E-state index contributed by atoms with van der Waals surface area (Å²) in [6.07, 6.45) is 3.01. The third-order valence-corrected chi connectivity index (χ3v) is 2.78. The van der Waals surface area contributed by atoms with Crippen LogP contribution in [0.25, 0.3) is 0 Å². The van der Waals surface area contributed by atoms with Crippen LogP contribution in [0.2, 0.25) is 0 Å². The fraction of sp³-hybridized carbons (Fsp3) is 0. The van der Waals surface area contributed by atoms with Crippen molar-refractivity contribution in [1.29, 1.82) is 5.26 Å². The molecule has 0 saturated heterocycles. The molecule has 5 heteroatoms. The Bertz CT molecular complexity index is 551. The first-order valence-electron chi connectivity index (χ1n) is 4.47. The van der Waals surface area contributed by atoms with Crippen molar-refractivity contribution in [3.63, 3.8) is 0 Å². The van der Waals surface area contributed by atoms with Crippen LogP contribution in [-0.4, -0.2) is 15.1 Å². The maximum Gasteiger partial charge on any atom is 0.173 e. The third kappa shape index (κ3) is 2.30. The van der Waals surface area contributed by atoms with Crippen LogP contribution in [0.4, 0.5) is 0 Å². The zero-order valence-corrected chi connectivity index (χ0v) is 8.98. The standard InChI is InChI=1S/C11H7N3OS/c12-7-10-11(14-5-4-13-10)16-9-3-1-2-8(15)6-9/h1-6,15H. The zero-order valence-electron chi connectivity index (χ0n) is 8.16. The normalized spacial score (nSPS) is 9.69. The van der Waals surface area contributed by atoms with Gasteiger partial charge in [0.1, 0.15) is 16.8 Å². The van der Waals surface area contributed by atoms with E-state index in [1.54, 1.807) is 18.2 Å². The number of aromatic nitrogens is 2. The van der Waals surface area contributed by atoms with Gasteiger partial charge in [0.25, 0.3) is 0 Å². The lowest BCUT2D eigenvalue weighted by molar-refractivity contribution is 0.474. The molecule has 0 aliphatic heterocycles. The van der Waals surface area contributed by atoms with Gasteiger partial charge in [-0.1, -0.05) is 17.8 Å². The van der Waals surface area contributed by atoms with Gasteiger partial charge in [-0.2, -0.15) is 5.26 Å². The zero-order chi connectivity index (χ0) is 11.4. The van der Waals surface area contributed by atoms with Gasteiger partial charge in [-0.05, 0) is 18.2 Å². The number of nitriles is 1. The molecule has 0 radical (unpaired) electrons. The van der Waals surface area contributed by atoms with Crippen molar-refractivity contribution in [3.8, 4) is 11.8 Å². The first-order chi connectivity index (χ1) is 7.79. The summed E-state index contributed by atoms with van der Waals surface area (Å²) >= 11 is 1.30. The van der Waals surface area contributed by atoms with E-state index in [-0.39, 0.29) is 11.4 Å². The maximum absolute atomic E-state index is 9.30. The number of phenols is 1. The lowest BCUT2D eigenvalue weighted by Gasteiger charge is -2.01. The molecule has 2 rings (SSSR count). The van der Waals surface area contributed by atoms with Crippen LogP contribution in [0.5, 0.6) is 5.75 Å². The predicted octanol–water partition coefficient (Wildman–Crippen LogP) is 2.21. The molecular formula is C11H7N3OS. The van der Waals surface area contributed by atoms with E-state index in [2.05, 4.69) is 9.97 Å². The van der Waals surface area contributed by atoms with Crippen molar-refractivity contribution in [3.05, 3.63) is 42.4 Å². The highest BCUT2D eigenvalue weighted by atomic mass is 32.2. The monoisotopic (exact) mass is 229 g/mol. The Labute approximate surface area is 96.6 Å². The molecular weight excluding hydrogens is 222 g/mol. The minimum Gasteiger partial charge on any atom is -0.508 e. The van der Waals surface area contributed by atoms with Gasteiger partial charge in [0, 0.05) is 17.3 Å². The fourth-order valence-electron chi connectivity index (χ4n) is 1.14. The average Bonchev–Trinajstić information content (AvgIpc) is 2.30. The molecule has 4 nitrogen and oxygen atoms in total. The largest absolute Gasteiger partial charge is 0.508 e. The summed E-state index contributed by atoms with van der Waals surface area (Å²) in [5, 5.41) is 18.7. The molecule has 2 aromatic rings. The van der Waals surface area contributed by atoms with Crippen molar-refractivity contribution in [1.82, 2.24) is 9.97 Å². The molecule has 78 valence electrons. The Balaban J connectivity index is 2.31. The Kier molecular flexibility index (Phi) is 3.03. The van der Waals surface area contributed by atoms with Gasteiger partial charge < -0.3 is 5.11 Å². The second-order valence-electron chi connectivity index (χ2n) is 2.92. The highest BCUT2D eigenvalue weighted by Crippen LogP contribution is 2.29. The molecule has 0 bridgehead atoms. The highest BCUT2D eigenvalue weighted by molar-refractivity contribution is 7.99. The summed E-state index contributed by atoms with van der Waals surface area (Å²) in [4.78, 5) is 8.80. The molecule has 1 heterocycles. The van der Waals surface area contributed by atoms with E-state index >= 15 is 0 Å². The van der Waals surface area contributed by atoms with Crippen molar-refractivity contribution < 1.29 is 5.11 Å². The van der Waals surface area contributed by atoms with Crippen LogP contribution in [-0.2, 0) is 0 Å². The fourth-order valence-corrected chi connectivity index (χ4v) is 1.99. The Morgan fingerprint density at radius 2 is 2.06 bits per heavy atom. The maximum atomic E-state index is 9.30. The number of hydrogen-bond acceptors (Lipinski definition) is 5. The van der Waals surface area contributed by atoms with Gasteiger partial charge >= 0.3 is 0 Å². The van der Waals surface area contributed by atoms with Crippen LogP contribution in [0.1, 0.15) is 5.69 Å². The van der Waals surface area contributed by atoms with Gasteiger partial charge in [-0.25, -0.2) is 9.97 Å². The second kappa shape index (κ2) is 4.64. The first kappa shape index (κ1) is 10.5. The van der Waals surface area contributed by atoms with Gasteiger partial charge in [0.05, 0.1) is 0 Å². The third-order valence-electron chi connectivity index (χ3n) is 1.80. The molecule has 0 atom stereocenters. The van der Waals surface area contributed by atoms with Crippen molar-refractivity contribution in [2.75, 3.05) is 0 Å². The van der Waals surface area contributed by atoms with Gasteiger partial charge in [-0.15, -0.1) is 0 Å². The molecule has 0 spiro atoms. The van der Waals surface area contributed by atoms with Gasteiger partial charge in [0.2, 0.25) is 0 Å². The molecule has 0 amide bonds. The summed E-state index contributed by atoms with van der Waals surface area (Å²) < 4.78 is 0. The Hall–Kier alpha value is -2.06. The Morgan fingerprint density at radius 1 is 1.25 bits per heavy atom. The molecule has 16 heavy (non-hydrogen) atoms. The van der Waals surface area contributed by atoms with Crippen LogP contribution >= 0.6 is 11.8 Å². The summed E-state index contributed by atoms with van der Waals surface area (Å²) in [6.45, 7) is 0. The van der Waals surface area contributed by atoms with E-state index < -0.39 is 0 Å². The molecule has 0 saturated carbocycles. The number of hydrogen-bond donors (Lipinski definition) is 1. The number of nitrogens with zero attached hydrogens (tertiary/aromatic N) is 3. The topological polar surface area (TPSA) is 69.8 Å². The molecule has 0 aliphatic carbocycles. The second-order valence-corrected chi connectivity index (χ2v) is 3.98. The first-order valence-corrected chi connectivity index (χ1v) is 5.29. The quantitative estimate of drug-likeness (QED) is 0.854. The van der Waals surface area contributed by atoms with E-state index in [1.165, 1.54) is 24.2 Å². The molecule has 1 N–H and O–H groups in total. The molecule has 0 aliphatic rings. The van der Waals surface area contributed by atoms with Crippen molar-refractivity contribution >= 4 is 11.8 Å². The van der Waals surface area contributed by atoms with Crippen LogP contribution in [0.3, 0.4) is 0 Å². The van der Waals surface area contributed by atoms with E-state index in [0.717, 1.165) is 4.90 Å². The van der Waals surface area contributed by atoms with E-state index in [0.29, 0.717) is 5.03 Å². The average molecular weight is 229 g/mol. The number of aromatic hydroxyl groups is 1. The lowest BCUT2D eigenvalue weighted by Crippen LogP contribution is -1.89. The van der Waals surface area contributed by atoms with Gasteiger partial charge in [-0.3, -0.25) is 0 Å². The lowest BCUT2D eigenvalue weighted by atomic mass is 10.3. The predicted molar refractivity (Wildman–Crippen MR) is 59.0 cm³/mol. The summed E-state index contributed by atoms with van der Waals surface area (Å²) in [7, 11) is 0. The summed E-state index contributed by atoms with van der Waals surface area (Å²) in [6, 6.07) is 8.74.